The molecule has 1 aliphatic rings. The Bertz CT molecular complexity index is 697. The molecule has 1 atom stereocenters. The molecule has 2 N–H and O–H groups in total. The van der Waals surface area contributed by atoms with Crippen LogP contribution in [-0.4, -0.2) is 27.9 Å². The van der Waals surface area contributed by atoms with Crippen molar-refractivity contribution in [3.63, 3.8) is 0 Å². The Morgan fingerprint density at radius 1 is 1.38 bits per heavy atom. The molecule has 2 aromatic rings. The van der Waals surface area contributed by atoms with E-state index in [-0.39, 0.29) is 17.7 Å². The van der Waals surface area contributed by atoms with Gasteiger partial charge in [-0.15, -0.1) is 0 Å². The number of carbonyl (C=O) groups excluding carboxylic acids is 2. The fraction of sp³-hybridized carbons (Fsp3) is 0.389. The molecule has 1 aromatic carbocycles. The van der Waals surface area contributed by atoms with E-state index in [1.54, 1.807) is 12.5 Å². The first-order valence-electron chi connectivity index (χ1n) is 8.33. The Kier molecular flexibility index (Phi) is 5.25. The lowest BCUT2D eigenvalue weighted by atomic mass is 9.89. The van der Waals surface area contributed by atoms with E-state index in [1.807, 2.05) is 35.0 Å². The molecular weight excluding hydrogens is 304 g/mol. The Hall–Kier alpha value is -2.63. The van der Waals surface area contributed by atoms with Gasteiger partial charge in [0.2, 0.25) is 11.8 Å². The highest BCUT2D eigenvalue weighted by molar-refractivity contribution is 5.96. The zero-order chi connectivity index (χ0) is 16.8. The second-order valence-corrected chi connectivity index (χ2v) is 6.09. The van der Waals surface area contributed by atoms with Crippen molar-refractivity contribution < 1.29 is 9.59 Å². The van der Waals surface area contributed by atoms with Gasteiger partial charge in [-0.25, -0.2) is 4.98 Å². The topological polar surface area (TPSA) is 76.0 Å². The van der Waals surface area contributed by atoms with E-state index in [0.29, 0.717) is 25.8 Å². The predicted molar refractivity (Wildman–Crippen MR) is 91.4 cm³/mol. The summed E-state index contributed by atoms with van der Waals surface area (Å²) < 4.78 is 1.98. The number of nitrogens with one attached hydrogen (secondary N) is 2. The van der Waals surface area contributed by atoms with Crippen LogP contribution in [0.1, 0.15) is 24.8 Å². The van der Waals surface area contributed by atoms with Crippen LogP contribution >= 0.6 is 0 Å². The summed E-state index contributed by atoms with van der Waals surface area (Å²) in [6, 6.07) is 7.82. The van der Waals surface area contributed by atoms with Gasteiger partial charge in [0, 0.05) is 43.5 Å². The number of anilines is 1. The number of carbonyl (C=O) groups is 2. The van der Waals surface area contributed by atoms with E-state index in [9.17, 15) is 9.59 Å². The lowest BCUT2D eigenvalue weighted by molar-refractivity contribution is -0.122. The van der Waals surface area contributed by atoms with E-state index < -0.39 is 0 Å². The first kappa shape index (κ1) is 16.2. The standard InChI is InChI=1S/C18H22N4O2/c23-17(20-8-3-10-22-11-9-19-13-22)7-6-15-12-14-4-1-2-5-16(14)21-18(15)24/h1-2,4-5,9,11,13,15H,3,6-8,10,12H2,(H,20,23)(H,21,24). The molecule has 2 heterocycles. The van der Waals surface area contributed by atoms with Crippen LogP contribution in [0.2, 0.25) is 0 Å². The first-order valence-corrected chi connectivity index (χ1v) is 8.33. The van der Waals surface area contributed by atoms with Gasteiger partial charge in [-0.1, -0.05) is 18.2 Å². The average molecular weight is 326 g/mol. The Morgan fingerprint density at radius 2 is 2.25 bits per heavy atom. The highest BCUT2D eigenvalue weighted by Gasteiger charge is 2.26. The lowest BCUT2D eigenvalue weighted by Crippen LogP contribution is -2.32. The van der Waals surface area contributed by atoms with Crippen molar-refractivity contribution in [3.05, 3.63) is 48.5 Å². The van der Waals surface area contributed by atoms with Crippen LogP contribution in [-0.2, 0) is 22.6 Å². The van der Waals surface area contributed by atoms with Gasteiger partial charge in [0.25, 0.3) is 0 Å². The van der Waals surface area contributed by atoms with E-state index in [0.717, 1.165) is 24.2 Å². The second kappa shape index (κ2) is 7.77. The molecule has 24 heavy (non-hydrogen) atoms. The fourth-order valence-corrected chi connectivity index (χ4v) is 2.95. The minimum absolute atomic E-state index is 0.00675. The highest BCUT2D eigenvalue weighted by atomic mass is 16.2. The number of rotatable bonds is 7. The number of hydrogen-bond donors (Lipinski definition) is 2. The number of amides is 2. The summed E-state index contributed by atoms with van der Waals surface area (Å²) in [4.78, 5) is 28.0. The smallest absolute Gasteiger partial charge is 0.227 e. The van der Waals surface area contributed by atoms with Gasteiger partial charge in [0.15, 0.2) is 0 Å². The average Bonchev–Trinajstić information content (AvgIpc) is 3.10. The van der Waals surface area contributed by atoms with Crippen molar-refractivity contribution in [2.24, 2.45) is 5.92 Å². The van der Waals surface area contributed by atoms with Gasteiger partial charge in [-0.2, -0.15) is 0 Å². The van der Waals surface area contributed by atoms with Crippen molar-refractivity contribution in [2.75, 3.05) is 11.9 Å². The largest absolute Gasteiger partial charge is 0.356 e. The Morgan fingerprint density at radius 3 is 3.08 bits per heavy atom. The normalized spacial score (nSPS) is 16.3. The second-order valence-electron chi connectivity index (χ2n) is 6.09. The molecule has 2 amide bonds. The van der Waals surface area contributed by atoms with E-state index in [1.165, 1.54) is 0 Å². The summed E-state index contributed by atoms with van der Waals surface area (Å²) in [5.41, 5.74) is 2.03. The van der Waals surface area contributed by atoms with Crippen LogP contribution in [0.3, 0.4) is 0 Å². The maximum absolute atomic E-state index is 12.1. The summed E-state index contributed by atoms with van der Waals surface area (Å²) >= 11 is 0. The quantitative estimate of drug-likeness (QED) is 0.764. The number of para-hydroxylation sites is 1. The van der Waals surface area contributed by atoms with Crippen molar-refractivity contribution in [3.8, 4) is 0 Å². The maximum atomic E-state index is 12.1. The Labute approximate surface area is 141 Å². The van der Waals surface area contributed by atoms with Crippen LogP contribution in [0.25, 0.3) is 0 Å². The fourth-order valence-electron chi connectivity index (χ4n) is 2.95. The molecule has 3 rings (SSSR count). The maximum Gasteiger partial charge on any atom is 0.227 e. The number of aromatic nitrogens is 2. The van der Waals surface area contributed by atoms with Crippen molar-refractivity contribution in [1.82, 2.24) is 14.9 Å². The molecule has 0 fully saturated rings. The third-order valence-corrected chi connectivity index (χ3v) is 4.31. The zero-order valence-electron chi connectivity index (χ0n) is 13.6. The number of fused-ring (bicyclic) bond motifs is 1. The van der Waals surface area contributed by atoms with Gasteiger partial charge in [0.1, 0.15) is 0 Å². The summed E-state index contributed by atoms with van der Waals surface area (Å²) in [7, 11) is 0. The van der Waals surface area contributed by atoms with E-state index >= 15 is 0 Å². The minimum Gasteiger partial charge on any atom is -0.356 e. The summed E-state index contributed by atoms with van der Waals surface area (Å²) in [5, 5.41) is 5.84. The van der Waals surface area contributed by atoms with Gasteiger partial charge in [0.05, 0.1) is 6.33 Å². The third-order valence-electron chi connectivity index (χ3n) is 4.31. The van der Waals surface area contributed by atoms with Crippen LogP contribution < -0.4 is 10.6 Å². The molecule has 1 aliphatic heterocycles. The number of aryl methyl sites for hydroxylation is 1. The number of benzene rings is 1. The van der Waals surface area contributed by atoms with E-state index in [2.05, 4.69) is 15.6 Å². The molecule has 0 saturated heterocycles. The van der Waals surface area contributed by atoms with Crippen molar-refractivity contribution in [1.29, 1.82) is 0 Å². The number of imidazole rings is 1. The van der Waals surface area contributed by atoms with Crippen molar-refractivity contribution in [2.45, 2.75) is 32.2 Å². The summed E-state index contributed by atoms with van der Waals surface area (Å²) in [6.45, 7) is 1.47. The van der Waals surface area contributed by atoms with E-state index in [4.69, 9.17) is 0 Å². The minimum atomic E-state index is -0.128. The molecule has 6 heteroatoms. The van der Waals surface area contributed by atoms with Gasteiger partial charge < -0.3 is 15.2 Å². The van der Waals surface area contributed by atoms with Crippen LogP contribution in [0, 0.1) is 5.92 Å². The molecule has 1 unspecified atom stereocenters. The summed E-state index contributed by atoms with van der Waals surface area (Å²) in [6.07, 6.45) is 7.93. The molecule has 0 spiro atoms. The molecule has 0 aliphatic carbocycles. The first-order chi connectivity index (χ1) is 11.7. The molecule has 0 radical (unpaired) electrons. The van der Waals surface area contributed by atoms with Crippen LogP contribution in [0.5, 0.6) is 0 Å². The molecule has 126 valence electrons. The monoisotopic (exact) mass is 326 g/mol. The number of nitrogens with zero attached hydrogens (tertiary/aromatic N) is 2. The van der Waals surface area contributed by atoms with Gasteiger partial charge >= 0.3 is 0 Å². The third kappa shape index (κ3) is 4.22. The molecule has 0 saturated carbocycles. The van der Waals surface area contributed by atoms with Gasteiger partial charge in [-0.3, -0.25) is 9.59 Å². The van der Waals surface area contributed by atoms with Crippen molar-refractivity contribution >= 4 is 17.5 Å². The SMILES string of the molecule is O=C(CCC1Cc2ccccc2NC1=O)NCCCn1ccnc1. The molecule has 1 aromatic heterocycles. The van der Waals surface area contributed by atoms with Crippen LogP contribution in [0.4, 0.5) is 5.69 Å². The summed E-state index contributed by atoms with van der Waals surface area (Å²) in [5.74, 6) is -0.106. The van der Waals surface area contributed by atoms with Gasteiger partial charge in [-0.05, 0) is 30.9 Å². The van der Waals surface area contributed by atoms with Crippen LogP contribution in [0.15, 0.2) is 43.0 Å². The highest BCUT2D eigenvalue weighted by Crippen LogP contribution is 2.27. The number of hydrogen-bond acceptors (Lipinski definition) is 3. The Balaban J connectivity index is 1.37. The zero-order valence-corrected chi connectivity index (χ0v) is 13.6. The lowest BCUT2D eigenvalue weighted by Gasteiger charge is -2.24. The predicted octanol–water partition coefficient (Wildman–Crippen LogP) is 1.98. The molecule has 6 nitrogen and oxygen atoms in total. The molecule has 0 bridgehead atoms. The molecular formula is C18H22N4O2.